The third-order valence-corrected chi connectivity index (χ3v) is 5.21. The van der Waals surface area contributed by atoms with Crippen molar-refractivity contribution in [3.8, 4) is 0 Å². The maximum atomic E-state index is 6.16. The number of allylic oxidation sites excluding steroid dienone is 2. The van der Waals surface area contributed by atoms with Crippen molar-refractivity contribution in [2.75, 3.05) is 52.5 Å². The summed E-state index contributed by atoms with van der Waals surface area (Å²) in [6.07, 6.45) is 4.61. The van der Waals surface area contributed by atoms with E-state index in [1.54, 1.807) is 4.90 Å². The Bertz CT molecular complexity index is 315. The van der Waals surface area contributed by atoms with Crippen LogP contribution >= 0.6 is 11.6 Å². The fourth-order valence-electron chi connectivity index (χ4n) is 3.75. The van der Waals surface area contributed by atoms with Crippen LogP contribution in [0.5, 0.6) is 0 Å². The molecule has 0 radical (unpaired) electrons. The van der Waals surface area contributed by atoms with Gasteiger partial charge in [-0.25, -0.2) is 0 Å². The highest BCUT2D eigenvalue weighted by Gasteiger charge is 2.38. The average Bonchev–Trinajstić information content (AvgIpc) is 2.79. The van der Waals surface area contributed by atoms with Crippen molar-refractivity contribution in [2.24, 2.45) is 11.8 Å². The second kappa shape index (κ2) is 5.91. The van der Waals surface area contributed by atoms with Crippen molar-refractivity contribution in [1.29, 1.82) is 0 Å². The summed E-state index contributed by atoms with van der Waals surface area (Å²) in [6.45, 7) is 9.68. The minimum absolute atomic E-state index is 0.859. The lowest BCUT2D eigenvalue weighted by molar-refractivity contribution is -0.957. The zero-order chi connectivity index (χ0) is 12.4. The summed E-state index contributed by atoms with van der Waals surface area (Å²) < 4.78 is 5.41. The van der Waals surface area contributed by atoms with Gasteiger partial charge in [-0.1, -0.05) is 17.7 Å². The lowest BCUT2D eigenvalue weighted by Gasteiger charge is -2.24. The normalized spacial score (nSPS) is 37.4. The van der Waals surface area contributed by atoms with Crippen LogP contribution in [0.3, 0.4) is 0 Å². The molecule has 102 valence electrons. The number of morpholine rings is 1. The van der Waals surface area contributed by atoms with E-state index in [2.05, 4.69) is 6.08 Å². The average molecular weight is 273 g/mol. The molecular formula is C14H25ClN2O+2. The maximum absolute atomic E-state index is 6.16. The Kier molecular flexibility index (Phi) is 4.24. The summed E-state index contributed by atoms with van der Waals surface area (Å²) >= 11 is 6.16. The van der Waals surface area contributed by atoms with Crippen LogP contribution < -0.4 is 9.80 Å². The van der Waals surface area contributed by atoms with Crippen molar-refractivity contribution < 1.29 is 14.5 Å². The Hall–Kier alpha value is -0.0900. The monoisotopic (exact) mass is 272 g/mol. The molecule has 0 aromatic heterocycles. The number of likely N-dealkylation sites (tertiary alicyclic amines) is 1. The molecule has 0 saturated carbocycles. The molecule has 0 amide bonds. The van der Waals surface area contributed by atoms with Gasteiger partial charge in [0.15, 0.2) is 0 Å². The van der Waals surface area contributed by atoms with E-state index in [0.717, 1.165) is 36.5 Å². The summed E-state index contributed by atoms with van der Waals surface area (Å²) in [4.78, 5) is 3.54. The fourth-order valence-corrected chi connectivity index (χ4v) is 4.04. The van der Waals surface area contributed by atoms with Crippen molar-refractivity contribution in [3.63, 3.8) is 0 Å². The summed E-state index contributed by atoms with van der Waals surface area (Å²) in [5, 5.41) is 1.11. The van der Waals surface area contributed by atoms with Crippen LogP contribution in [0.2, 0.25) is 0 Å². The van der Waals surface area contributed by atoms with Crippen LogP contribution in [0.1, 0.15) is 12.8 Å². The maximum Gasteiger partial charge on any atom is 0.127 e. The molecule has 1 aliphatic carbocycles. The molecule has 3 rings (SSSR count). The molecule has 2 heterocycles. The van der Waals surface area contributed by atoms with E-state index in [1.807, 2.05) is 4.90 Å². The largest absolute Gasteiger partial charge is 0.370 e. The van der Waals surface area contributed by atoms with Gasteiger partial charge in [-0.05, 0) is 12.8 Å². The molecule has 2 fully saturated rings. The van der Waals surface area contributed by atoms with E-state index in [1.165, 1.54) is 45.7 Å². The van der Waals surface area contributed by atoms with Crippen LogP contribution in [0.15, 0.2) is 11.1 Å². The Morgan fingerprint density at radius 1 is 1.11 bits per heavy atom. The van der Waals surface area contributed by atoms with Crippen molar-refractivity contribution in [3.05, 3.63) is 11.1 Å². The van der Waals surface area contributed by atoms with E-state index in [4.69, 9.17) is 16.3 Å². The first-order valence-corrected chi connectivity index (χ1v) is 7.78. The van der Waals surface area contributed by atoms with Crippen molar-refractivity contribution in [1.82, 2.24) is 0 Å². The van der Waals surface area contributed by atoms with Crippen LogP contribution in [-0.2, 0) is 4.74 Å². The van der Waals surface area contributed by atoms with E-state index in [9.17, 15) is 0 Å². The number of fused-ring (bicyclic) bond motifs is 1. The van der Waals surface area contributed by atoms with E-state index >= 15 is 0 Å². The molecule has 3 aliphatic rings. The summed E-state index contributed by atoms with van der Waals surface area (Å²) in [5.74, 6) is 1.76. The Morgan fingerprint density at radius 3 is 2.67 bits per heavy atom. The van der Waals surface area contributed by atoms with E-state index in [-0.39, 0.29) is 0 Å². The molecule has 3 unspecified atom stereocenters. The topological polar surface area (TPSA) is 18.1 Å². The standard InChI is InChI=1S/C14H23ClN2O/c15-14-2-1-12-10-17(11-13(12)9-14)4-3-16-5-7-18-8-6-16/h2,12-13H,1,3-11H2/p+2. The first-order valence-electron chi connectivity index (χ1n) is 7.40. The van der Waals surface area contributed by atoms with Gasteiger partial charge in [0.05, 0.1) is 26.3 Å². The third kappa shape index (κ3) is 3.08. The van der Waals surface area contributed by atoms with E-state index < -0.39 is 0 Å². The smallest absolute Gasteiger partial charge is 0.127 e. The molecule has 4 heteroatoms. The van der Waals surface area contributed by atoms with E-state index in [0.29, 0.717) is 0 Å². The van der Waals surface area contributed by atoms with Crippen molar-refractivity contribution >= 4 is 11.6 Å². The Balaban J connectivity index is 1.43. The number of hydrogen-bond acceptors (Lipinski definition) is 1. The minimum atomic E-state index is 0.859. The fraction of sp³-hybridized carbons (Fsp3) is 0.857. The molecule has 2 saturated heterocycles. The molecule has 0 aromatic carbocycles. The second-order valence-electron chi connectivity index (χ2n) is 6.13. The molecule has 2 aliphatic heterocycles. The molecule has 3 nitrogen and oxygen atoms in total. The zero-order valence-electron chi connectivity index (χ0n) is 11.1. The molecule has 3 atom stereocenters. The number of rotatable bonds is 3. The van der Waals surface area contributed by atoms with Gasteiger partial charge in [-0.15, -0.1) is 0 Å². The number of nitrogens with one attached hydrogen (secondary N) is 2. The van der Waals surface area contributed by atoms with Crippen LogP contribution in [0.25, 0.3) is 0 Å². The van der Waals surface area contributed by atoms with Crippen LogP contribution in [0.4, 0.5) is 0 Å². The first-order chi connectivity index (χ1) is 8.81. The van der Waals surface area contributed by atoms with Gasteiger partial charge >= 0.3 is 0 Å². The predicted molar refractivity (Wildman–Crippen MR) is 72.1 cm³/mol. The zero-order valence-corrected chi connectivity index (χ0v) is 11.8. The minimum Gasteiger partial charge on any atom is -0.370 e. The third-order valence-electron chi connectivity index (χ3n) is 4.90. The molecule has 0 aromatic rings. The molecule has 18 heavy (non-hydrogen) atoms. The van der Waals surface area contributed by atoms with Gasteiger partial charge in [0, 0.05) is 16.9 Å². The number of quaternary nitrogens is 2. The highest BCUT2D eigenvalue weighted by atomic mass is 35.5. The molecular weight excluding hydrogens is 248 g/mol. The van der Waals surface area contributed by atoms with Crippen LogP contribution in [-0.4, -0.2) is 52.5 Å². The van der Waals surface area contributed by atoms with Gasteiger partial charge in [0.1, 0.15) is 26.2 Å². The Morgan fingerprint density at radius 2 is 1.83 bits per heavy atom. The number of halogens is 1. The van der Waals surface area contributed by atoms with Crippen molar-refractivity contribution in [2.45, 2.75) is 12.8 Å². The second-order valence-corrected chi connectivity index (χ2v) is 6.62. The molecule has 0 spiro atoms. The van der Waals surface area contributed by atoms with Crippen LogP contribution in [0, 0.1) is 11.8 Å². The van der Waals surface area contributed by atoms with Gasteiger partial charge < -0.3 is 14.5 Å². The molecule has 2 N–H and O–H groups in total. The van der Waals surface area contributed by atoms with Gasteiger partial charge in [-0.3, -0.25) is 0 Å². The highest BCUT2D eigenvalue weighted by Crippen LogP contribution is 2.31. The number of ether oxygens (including phenoxy) is 1. The predicted octanol–water partition coefficient (Wildman–Crippen LogP) is -1.05. The first kappa shape index (κ1) is 12.9. The highest BCUT2D eigenvalue weighted by molar-refractivity contribution is 6.29. The summed E-state index contributed by atoms with van der Waals surface area (Å²) in [7, 11) is 0. The summed E-state index contributed by atoms with van der Waals surface area (Å²) in [5.41, 5.74) is 0. The quantitative estimate of drug-likeness (QED) is 0.671. The molecule has 0 bridgehead atoms. The Labute approximate surface area is 115 Å². The van der Waals surface area contributed by atoms with Gasteiger partial charge in [-0.2, -0.15) is 0 Å². The summed E-state index contributed by atoms with van der Waals surface area (Å²) in [6, 6.07) is 0. The lowest BCUT2D eigenvalue weighted by atomic mass is 9.86. The van der Waals surface area contributed by atoms with Gasteiger partial charge in [0.25, 0.3) is 0 Å². The van der Waals surface area contributed by atoms with Gasteiger partial charge in [0.2, 0.25) is 0 Å². The SMILES string of the molecule is ClC1=CCC2C[NH+](CC[NH+]3CCOCC3)CC2C1. The lowest BCUT2D eigenvalue weighted by Crippen LogP contribution is -3.20. The number of hydrogen-bond donors (Lipinski definition) is 2.